The number of nitrogens with zero attached hydrogens (tertiary/aromatic N) is 1. The number of aromatic nitrogens is 1. The van der Waals surface area contributed by atoms with Crippen LogP contribution in [0.5, 0.6) is 5.75 Å². The lowest BCUT2D eigenvalue weighted by Gasteiger charge is -2.40. The van der Waals surface area contributed by atoms with Gasteiger partial charge in [0.2, 0.25) is 0 Å². The molecule has 1 aromatic heterocycles. The van der Waals surface area contributed by atoms with E-state index in [-0.39, 0.29) is 17.6 Å². The highest BCUT2D eigenvalue weighted by atomic mass is 16.5. The van der Waals surface area contributed by atoms with Gasteiger partial charge in [0.05, 0.1) is 11.8 Å². The zero-order valence-electron chi connectivity index (χ0n) is 18.2. The van der Waals surface area contributed by atoms with Crippen LogP contribution in [-0.4, -0.2) is 30.3 Å². The van der Waals surface area contributed by atoms with Crippen molar-refractivity contribution in [2.45, 2.75) is 52.9 Å². The van der Waals surface area contributed by atoms with E-state index >= 15 is 0 Å². The molecule has 2 aromatic rings. The van der Waals surface area contributed by atoms with Gasteiger partial charge in [0.1, 0.15) is 12.4 Å². The molecule has 2 heterocycles. The molecule has 2 atom stereocenters. The van der Waals surface area contributed by atoms with Crippen molar-refractivity contribution in [3.05, 3.63) is 59.9 Å². The minimum atomic E-state index is -0.149. The third kappa shape index (κ3) is 6.73. The Kier molecular flexibility index (Phi) is 7.69. The standard InChI is InChI=1S/C24H33N3O3/c1-24(2,3)22-19(7-6-14-29-22)16-27-23(28)26-15-18-9-11-21(12-10-18)30-17-20-8-4-5-13-25-20/h4-5,8-13,19,22H,6-7,14-17H2,1-3H3,(H2,26,27,28). The fraction of sp³-hybridized carbons (Fsp3) is 0.500. The SMILES string of the molecule is CC(C)(C)C1OCCCC1CNC(=O)NCc1ccc(OCc2ccccn2)cc1. The molecule has 0 spiro atoms. The molecule has 1 aromatic carbocycles. The lowest BCUT2D eigenvalue weighted by Crippen LogP contribution is -2.46. The molecule has 6 heteroatoms. The quantitative estimate of drug-likeness (QED) is 0.712. The predicted molar refractivity (Wildman–Crippen MR) is 117 cm³/mol. The summed E-state index contributed by atoms with van der Waals surface area (Å²) in [5, 5.41) is 5.94. The Bertz CT molecular complexity index is 788. The lowest BCUT2D eigenvalue weighted by molar-refractivity contribution is -0.0837. The Balaban J connectivity index is 1.40. The molecule has 6 nitrogen and oxygen atoms in total. The Labute approximate surface area is 179 Å². The maximum atomic E-state index is 12.2. The molecule has 1 aliphatic rings. The topological polar surface area (TPSA) is 72.5 Å². The third-order valence-electron chi connectivity index (χ3n) is 5.31. The van der Waals surface area contributed by atoms with E-state index in [1.54, 1.807) is 6.20 Å². The van der Waals surface area contributed by atoms with Gasteiger partial charge in [0.25, 0.3) is 0 Å². The summed E-state index contributed by atoms with van der Waals surface area (Å²) in [5.41, 5.74) is 1.98. The molecule has 2 amide bonds. The second kappa shape index (κ2) is 10.4. The lowest BCUT2D eigenvalue weighted by atomic mass is 9.78. The van der Waals surface area contributed by atoms with Gasteiger partial charge in [0.15, 0.2) is 0 Å². The molecule has 162 valence electrons. The molecule has 1 saturated heterocycles. The van der Waals surface area contributed by atoms with Crippen molar-refractivity contribution in [3.63, 3.8) is 0 Å². The largest absolute Gasteiger partial charge is 0.487 e. The molecule has 2 N–H and O–H groups in total. The highest BCUT2D eigenvalue weighted by molar-refractivity contribution is 5.73. The van der Waals surface area contributed by atoms with Gasteiger partial charge in [-0.2, -0.15) is 0 Å². The van der Waals surface area contributed by atoms with E-state index < -0.39 is 0 Å². The van der Waals surface area contributed by atoms with Crippen LogP contribution in [0.2, 0.25) is 0 Å². The van der Waals surface area contributed by atoms with E-state index in [9.17, 15) is 4.79 Å². The number of nitrogens with one attached hydrogen (secondary N) is 2. The molecule has 1 aliphatic heterocycles. The number of carbonyl (C=O) groups excluding carboxylic acids is 1. The van der Waals surface area contributed by atoms with Crippen molar-refractivity contribution in [2.75, 3.05) is 13.2 Å². The summed E-state index contributed by atoms with van der Waals surface area (Å²) in [5.74, 6) is 1.12. The van der Waals surface area contributed by atoms with Gasteiger partial charge in [-0.3, -0.25) is 4.98 Å². The molecule has 30 heavy (non-hydrogen) atoms. The number of ether oxygens (including phenoxy) is 2. The van der Waals surface area contributed by atoms with Gasteiger partial charge in [0, 0.05) is 31.8 Å². The van der Waals surface area contributed by atoms with E-state index in [1.807, 2.05) is 42.5 Å². The van der Waals surface area contributed by atoms with E-state index in [1.165, 1.54) is 0 Å². The Morgan fingerprint density at radius 3 is 2.67 bits per heavy atom. The maximum Gasteiger partial charge on any atom is 0.315 e. The summed E-state index contributed by atoms with van der Waals surface area (Å²) in [4.78, 5) is 16.5. The average Bonchev–Trinajstić information content (AvgIpc) is 2.76. The van der Waals surface area contributed by atoms with E-state index in [2.05, 4.69) is 36.4 Å². The molecule has 0 bridgehead atoms. The van der Waals surface area contributed by atoms with Gasteiger partial charge in [-0.25, -0.2) is 4.79 Å². The highest BCUT2D eigenvalue weighted by Crippen LogP contribution is 2.33. The monoisotopic (exact) mass is 411 g/mol. The molecule has 1 fully saturated rings. The van der Waals surface area contributed by atoms with E-state index in [4.69, 9.17) is 9.47 Å². The predicted octanol–water partition coefficient (Wildman–Crippen LogP) is 4.30. The van der Waals surface area contributed by atoms with Crippen molar-refractivity contribution in [2.24, 2.45) is 11.3 Å². The Morgan fingerprint density at radius 2 is 1.97 bits per heavy atom. The van der Waals surface area contributed by atoms with Crippen LogP contribution in [0.25, 0.3) is 0 Å². The van der Waals surface area contributed by atoms with Crippen LogP contribution in [0.1, 0.15) is 44.9 Å². The van der Waals surface area contributed by atoms with Gasteiger partial charge in [-0.05, 0) is 48.1 Å². The summed E-state index contributed by atoms with van der Waals surface area (Å²) in [7, 11) is 0. The third-order valence-corrected chi connectivity index (χ3v) is 5.31. The van der Waals surface area contributed by atoms with E-state index in [0.717, 1.165) is 36.5 Å². The molecular weight excluding hydrogens is 378 g/mol. The number of rotatable bonds is 7. The minimum Gasteiger partial charge on any atom is -0.487 e. The smallest absolute Gasteiger partial charge is 0.315 e. The zero-order valence-corrected chi connectivity index (χ0v) is 18.2. The number of hydrogen-bond donors (Lipinski definition) is 2. The number of pyridine rings is 1. The van der Waals surface area contributed by atoms with Crippen LogP contribution in [0.15, 0.2) is 48.7 Å². The summed E-state index contributed by atoms with van der Waals surface area (Å²) >= 11 is 0. The fourth-order valence-electron chi connectivity index (χ4n) is 3.82. The van der Waals surface area contributed by atoms with Gasteiger partial charge >= 0.3 is 6.03 Å². The number of hydrogen-bond acceptors (Lipinski definition) is 4. The second-order valence-corrected chi connectivity index (χ2v) is 8.88. The Morgan fingerprint density at radius 1 is 1.17 bits per heavy atom. The second-order valence-electron chi connectivity index (χ2n) is 8.88. The summed E-state index contributed by atoms with van der Waals surface area (Å²) in [6, 6.07) is 13.3. The molecule has 3 rings (SSSR count). The minimum absolute atomic E-state index is 0.0730. The number of urea groups is 1. The van der Waals surface area contributed by atoms with Gasteiger partial charge in [-0.1, -0.05) is 39.0 Å². The molecule has 0 radical (unpaired) electrons. The van der Waals surface area contributed by atoms with Crippen molar-refractivity contribution >= 4 is 6.03 Å². The first-order chi connectivity index (χ1) is 14.4. The molecule has 0 saturated carbocycles. The molecule has 2 unspecified atom stereocenters. The first-order valence-electron chi connectivity index (χ1n) is 10.7. The van der Waals surface area contributed by atoms with E-state index in [0.29, 0.717) is 25.6 Å². The summed E-state index contributed by atoms with van der Waals surface area (Å²) in [6.45, 7) is 8.93. The van der Waals surface area contributed by atoms with Crippen molar-refractivity contribution in [1.82, 2.24) is 15.6 Å². The number of amides is 2. The molecule has 0 aliphatic carbocycles. The normalized spacial score (nSPS) is 19.2. The number of carbonyl (C=O) groups is 1. The summed E-state index contributed by atoms with van der Waals surface area (Å²) < 4.78 is 11.7. The average molecular weight is 412 g/mol. The number of benzene rings is 1. The zero-order chi connectivity index (χ0) is 21.4. The molecular formula is C24H33N3O3. The van der Waals surface area contributed by atoms with Gasteiger partial charge in [-0.15, -0.1) is 0 Å². The summed E-state index contributed by atoms with van der Waals surface area (Å²) in [6.07, 6.45) is 4.06. The van der Waals surface area contributed by atoms with Crippen LogP contribution >= 0.6 is 0 Å². The van der Waals surface area contributed by atoms with Gasteiger partial charge < -0.3 is 20.1 Å². The van der Waals surface area contributed by atoms with Crippen LogP contribution < -0.4 is 15.4 Å². The van der Waals surface area contributed by atoms with Crippen molar-refractivity contribution < 1.29 is 14.3 Å². The van der Waals surface area contributed by atoms with Crippen LogP contribution in [-0.2, 0) is 17.9 Å². The first kappa shape index (κ1) is 22.1. The highest BCUT2D eigenvalue weighted by Gasteiger charge is 2.35. The van der Waals surface area contributed by atoms with Crippen molar-refractivity contribution in [1.29, 1.82) is 0 Å². The maximum absolute atomic E-state index is 12.2. The Hall–Kier alpha value is -2.60. The van der Waals surface area contributed by atoms with Crippen LogP contribution in [0.4, 0.5) is 4.79 Å². The fourth-order valence-corrected chi connectivity index (χ4v) is 3.82. The van der Waals surface area contributed by atoms with Crippen LogP contribution in [0, 0.1) is 11.3 Å². The first-order valence-corrected chi connectivity index (χ1v) is 10.7. The van der Waals surface area contributed by atoms with Crippen molar-refractivity contribution in [3.8, 4) is 5.75 Å². The van der Waals surface area contributed by atoms with Crippen LogP contribution in [0.3, 0.4) is 0 Å².